The van der Waals surface area contributed by atoms with E-state index in [-0.39, 0.29) is 17.6 Å². The highest BCUT2D eigenvalue weighted by molar-refractivity contribution is 6.35. The summed E-state index contributed by atoms with van der Waals surface area (Å²) in [6.07, 6.45) is 7.26. The number of carbonyl (C=O) groups excluding carboxylic acids is 2. The number of likely N-dealkylation sites (tertiary alicyclic amines) is 1. The van der Waals surface area contributed by atoms with Gasteiger partial charge in [-0.3, -0.25) is 14.5 Å². The van der Waals surface area contributed by atoms with Gasteiger partial charge in [0.25, 0.3) is 11.8 Å². The highest BCUT2D eigenvalue weighted by Crippen LogP contribution is 2.33. The number of benzene rings is 1. The van der Waals surface area contributed by atoms with Crippen LogP contribution in [0.1, 0.15) is 57.4 Å². The molecule has 3 rings (SSSR count). The summed E-state index contributed by atoms with van der Waals surface area (Å²) in [5, 5.41) is 0. The topological polar surface area (TPSA) is 40.6 Å². The Morgan fingerprint density at radius 1 is 0.923 bits per heavy atom. The maximum atomic E-state index is 13.3. The standard InChI is InChI=1S/C21H27FN2O2/c1-2-3-4-8-15-24-20(25)18(16-9-11-17(22)12-10-16)19(21(24)26)23-13-6-5-7-14-23/h9-12H,2-8,13-15H2,1H3. The fourth-order valence-corrected chi connectivity index (χ4v) is 3.75. The van der Waals surface area contributed by atoms with Gasteiger partial charge < -0.3 is 4.90 Å². The molecule has 2 amide bonds. The van der Waals surface area contributed by atoms with Crippen molar-refractivity contribution in [3.63, 3.8) is 0 Å². The molecule has 5 heteroatoms. The van der Waals surface area contributed by atoms with Gasteiger partial charge in [0.1, 0.15) is 11.5 Å². The van der Waals surface area contributed by atoms with E-state index in [1.54, 1.807) is 12.1 Å². The van der Waals surface area contributed by atoms with Crippen molar-refractivity contribution in [2.75, 3.05) is 19.6 Å². The lowest BCUT2D eigenvalue weighted by Crippen LogP contribution is -2.37. The fourth-order valence-electron chi connectivity index (χ4n) is 3.75. The summed E-state index contributed by atoms with van der Waals surface area (Å²) < 4.78 is 13.3. The third-order valence-corrected chi connectivity index (χ3v) is 5.18. The zero-order valence-corrected chi connectivity index (χ0v) is 15.5. The van der Waals surface area contributed by atoms with Crippen molar-refractivity contribution in [1.82, 2.24) is 9.80 Å². The fraction of sp³-hybridized carbons (Fsp3) is 0.524. The van der Waals surface area contributed by atoms with E-state index >= 15 is 0 Å². The van der Waals surface area contributed by atoms with Gasteiger partial charge in [0, 0.05) is 19.6 Å². The Hall–Kier alpha value is -2.17. The summed E-state index contributed by atoms with van der Waals surface area (Å²) in [7, 11) is 0. The number of hydrogen-bond acceptors (Lipinski definition) is 3. The van der Waals surface area contributed by atoms with Gasteiger partial charge in [-0.1, -0.05) is 38.3 Å². The summed E-state index contributed by atoms with van der Waals surface area (Å²) in [4.78, 5) is 29.5. The highest BCUT2D eigenvalue weighted by atomic mass is 19.1. The molecule has 0 bridgehead atoms. The molecular weight excluding hydrogens is 331 g/mol. The molecule has 0 aliphatic carbocycles. The molecule has 1 aromatic carbocycles. The first kappa shape index (κ1) is 18.6. The first-order valence-corrected chi connectivity index (χ1v) is 9.75. The third-order valence-electron chi connectivity index (χ3n) is 5.18. The van der Waals surface area contributed by atoms with E-state index in [1.807, 2.05) is 0 Å². The predicted molar refractivity (Wildman–Crippen MR) is 99.6 cm³/mol. The van der Waals surface area contributed by atoms with Gasteiger partial charge in [0.05, 0.1) is 5.57 Å². The summed E-state index contributed by atoms with van der Waals surface area (Å²) >= 11 is 0. The number of amides is 2. The number of unbranched alkanes of at least 4 members (excludes halogenated alkanes) is 3. The van der Waals surface area contributed by atoms with E-state index in [0.29, 0.717) is 23.4 Å². The number of rotatable bonds is 7. The second kappa shape index (κ2) is 8.47. The zero-order valence-electron chi connectivity index (χ0n) is 15.5. The molecule has 1 saturated heterocycles. The van der Waals surface area contributed by atoms with Crippen LogP contribution in [-0.4, -0.2) is 41.2 Å². The summed E-state index contributed by atoms with van der Waals surface area (Å²) in [5.74, 6) is -0.770. The van der Waals surface area contributed by atoms with Crippen molar-refractivity contribution in [2.45, 2.75) is 51.9 Å². The minimum absolute atomic E-state index is 0.187. The van der Waals surface area contributed by atoms with Crippen LogP contribution in [0.15, 0.2) is 30.0 Å². The molecule has 0 unspecified atom stereocenters. The summed E-state index contributed by atoms with van der Waals surface area (Å²) in [6, 6.07) is 5.89. The van der Waals surface area contributed by atoms with E-state index < -0.39 is 0 Å². The molecule has 140 valence electrons. The van der Waals surface area contributed by atoms with E-state index in [2.05, 4.69) is 11.8 Å². The lowest BCUT2D eigenvalue weighted by Gasteiger charge is -2.29. The number of carbonyl (C=O) groups is 2. The molecule has 0 N–H and O–H groups in total. The van der Waals surface area contributed by atoms with Crippen LogP contribution in [0.5, 0.6) is 0 Å². The molecular formula is C21H27FN2O2. The molecule has 2 aliphatic heterocycles. The van der Waals surface area contributed by atoms with Crippen molar-refractivity contribution in [2.24, 2.45) is 0 Å². The number of nitrogens with zero attached hydrogens (tertiary/aromatic N) is 2. The normalized spacial score (nSPS) is 18.2. The minimum atomic E-state index is -0.345. The average Bonchev–Trinajstić information content (AvgIpc) is 2.91. The number of hydrogen-bond donors (Lipinski definition) is 0. The third kappa shape index (κ3) is 3.81. The second-order valence-corrected chi connectivity index (χ2v) is 7.10. The molecule has 1 fully saturated rings. The first-order valence-electron chi connectivity index (χ1n) is 9.75. The van der Waals surface area contributed by atoms with Crippen molar-refractivity contribution in [1.29, 1.82) is 0 Å². The minimum Gasteiger partial charge on any atom is -0.366 e. The Morgan fingerprint density at radius 2 is 1.62 bits per heavy atom. The molecule has 1 aromatic rings. The van der Waals surface area contributed by atoms with Crippen molar-refractivity contribution < 1.29 is 14.0 Å². The Bertz CT molecular complexity index is 690. The first-order chi connectivity index (χ1) is 12.6. The Balaban J connectivity index is 1.90. The monoisotopic (exact) mass is 358 g/mol. The molecule has 0 radical (unpaired) electrons. The SMILES string of the molecule is CCCCCCN1C(=O)C(c2ccc(F)cc2)=C(N2CCCCC2)C1=O. The van der Waals surface area contributed by atoms with Crippen LogP contribution >= 0.6 is 0 Å². The zero-order chi connectivity index (χ0) is 18.5. The van der Waals surface area contributed by atoms with Gasteiger partial charge >= 0.3 is 0 Å². The molecule has 0 aromatic heterocycles. The van der Waals surface area contributed by atoms with Crippen LogP contribution in [0.4, 0.5) is 4.39 Å². The Morgan fingerprint density at radius 3 is 2.27 bits per heavy atom. The Labute approximate surface area is 154 Å². The molecule has 0 saturated carbocycles. The number of halogens is 1. The summed E-state index contributed by atoms with van der Waals surface area (Å²) in [5.41, 5.74) is 1.57. The van der Waals surface area contributed by atoms with Crippen LogP contribution < -0.4 is 0 Å². The number of imide groups is 1. The smallest absolute Gasteiger partial charge is 0.277 e. The maximum Gasteiger partial charge on any atom is 0.277 e. The van der Waals surface area contributed by atoms with Crippen LogP contribution in [0.25, 0.3) is 5.57 Å². The predicted octanol–water partition coefficient (Wildman–Crippen LogP) is 3.97. The van der Waals surface area contributed by atoms with Gasteiger partial charge in [-0.2, -0.15) is 0 Å². The van der Waals surface area contributed by atoms with Gasteiger partial charge in [-0.15, -0.1) is 0 Å². The number of piperidine rings is 1. The molecule has 0 atom stereocenters. The van der Waals surface area contributed by atoms with Gasteiger partial charge in [0.2, 0.25) is 0 Å². The van der Waals surface area contributed by atoms with Crippen LogP contribution in [0, 0.1) is 5.82 Å². The maximum absolute atomic E-state index is 13.3. The van der Waals surface area contributed by atoms with Crippen LogP contribution in [0.3, 0.4) is 0 Å². The molecule has 2 heterocycles. The van der Waals surface area contributed by atoms with Crippen molar-refractivity contribution in [3.05, 3.63) is 41.3 Å². The molecule has 26 heavy (non-hydrogen) atoms. The highest BCUT2D eigenvalue weighted by Gasteiger charge is 2.41. The van der Waals surface area contributed by atoms with Crippen molar-refractivity contribution >= 4 is 17.4 Å². The lowest BCUT2D eigenvalue weighted by molar-refractivity contribution is -0.137. The van der Waals surface area contributed by atoms with Crippen LogP contribution in [0.2, 0.25) is 0 Å². The van der Waals surface area contributed by atoms with Gasteiger partial charge in [-0.25, -0.2) is 4.39 Å². The second-order valence-electron chi connectivity index (χ2n) is 7.10. The van der Waals surface area contributed by atoms with Gasteiger partial charge in [0.15, 0.2) is 0 Å². The molecule has 4 nitrogen and oxygen atoms in total. The molecule has 0 spiro atoms. The van der Waals surface area contributed by atoms with Crippen molar-refractivity contribution in [3.8, 4) is 0 Å². The van der Waals surface area contributed by atoms with E-state index in [4.69, 9.17) is 0 Å². The Kier molecular flexibility index (Phi) is 6.07. The molecule has 2 aliphatic rings. The summed E-state index contributed by atoms with van der Waals surface area (Å²) in [6.45, 7) is 4.18. The van der Waals surface area contributed by atoms with Gasteiger partial charge in [-0.05, 0) is 43.4 Å². The quantitative estimate of drug-likeness (QED) is 0.547. The van der Waals surface area contributed by atoms with E-state index in [9.17, 15) is 14.0 Å². The van der Waals surface area contributed by atoms with E-state index in [0.717, 1.165) is 58.0 Å². The largest absolute Gasteiger partial charge is 0.366 e. The lowest BCUT2D eigenvalue weighted by atomic mass is 10.0. The average molecular weight is 358 g/mol. The van der Waals surface area contributed by atoms with Crippen LogP contribution in [-0.2, 0) is 9.59 Å². The van der Waals surface area contributed by atoms with E-state index in [1.165, 1.54) is 17.0 Å².